The maximum absolute atomic E-state index is 6.30. The summed E-state index contributed by atoms with van der Waals surface area (Å²) >= 11 is 12.6. The van der Waals surface area contributed by atoms with Gasteiger partial charge in [-0.05, 0) is 50.6 Å². The van der Waals surface area contributed by atoms with Gasteiger partial charge >= 0.3 is 0 Å². The minimum absolute atomic E-state index is 0.222. The third-order valence-electron chi connectivity index (χ3n) is 5.32. The molecule has 0 amide bonds. The number of nitrogen functional groups attached to an aromatic ring is 1. The third kappa shape index (κ3) is 4.69. The molecule has 0 aliphatic carbocycles. The van der Waals surface area contributed by atoms with E-state index in [1.807, 2.05) is 6.92 Å². The number of hydrogen-bond donors (Lipinski definition) is 1. The van der Waals surface area contributed by atoms with Gasteiger partial charge in [0.15, 0.2) is 5.82 Å². The van der Waals surface area contributed by atoms with Gasteiger partial charge in [-0.25, -0.2) is 9.97 Å². The molecule has 0 unspecified atom stereocenters. The molecule has 1 aliphatic rings. The highest BCUT2D eigenvalue weighted by molar-refractivity contribution is 6.36. The number of benzene rings is 2. The van der Waals surface area contributed by atoms with Gasteiger partial charge in [-0.1, -0.05) is 53.5 Å². The summed E-state index contributed by atoms with van der Waals surface area (Å²) in [6, 6.07) is 13.7. The molecule has 0 spiro atoms. The highest BCUT2D eigenvalue weighted by Crippen LogP contribution is 2.34. The fraction of sp³-hybridized carbons (Fsp3) is 0.304. The molecule has 1 saturated heterocycles. The number of halogens is 2. The first kappa shape index (κ1) is 20.9. The quantitative estimate of drug-likeness (QED) is 0.524. The Hall–Kier alpha value is -2.34. The summed E-state index contributed by atoms with van der Waals surface area (Å²) in [5.74, 6) is 0.483. The van der Waals surface area contributed by atoms with E-state index in [1.54, 1.807) is 24.4 Å². The zero-order valence-electron chi connectivity index (χ0n) is 16.8. The standard InChI is InChI=1S/C23H24Cl2N4O/c1-15(21-18(24)5-4-6-19(21)25)30-23-22(26)27-13-20(28-23)17-9-7-16(8-10-17)14-29-11-2-3-12-29/h4-10,13,15H,2-3,11-12,14H2,1H3,(H2,26,27)/t15-/m1/s1. The number of nitrogens with two attached hydrogens (primary N) is 1. The minimum atomic E-state index is -0.430. The highest BCUT2D eigenvalue weighted by atomic mass is 35.5. The second-order valence-electron chi connectivity index (χ2n) is 7.52. The monoisotopic (exact) mass is 442 g/mol. The van der Waals surface area contributed by atoms with Crippen LogP contribution in [0.5, 0.6) is 5.88 Å². The van der Waals surface area contributed by atoms with Gasteiger partial charge in [-0.3, -0.25) is 4.90 Å². The van der Waals surface area contributed by atoms with Crippen molar-refractivity contribution in [2.24, 2.45) is 0 Å². The van der Waals surface area contributed by atoms with Crippen molar-refractivity contribution in [2.75, 3.05) is 18.8 Å². The molecule has 1 atom stereocenters. The molecule has 4 rings (SSSR count). The maximum Gasteiger partial charge on any atom is 0.258 e. The van der Waals surface area contributed by atoms with Crippen LogP contribution in [0.1, 0.15) is 37.0 Å². The van der Waals surface area contributed by atoms with Crippen molar-refractivity contribution in [3.8, 4) is 17.1 Å². The number of aromatic nitrogens is 2. The van der Waals surface area contributed by atoms with Crippen molar-refractivity contribution >= 4 is 29.0 Å². The van der Waals surface area contributed by atoms with Crippen molar-refractivity contribution in [3.05, 3.63) is 69.8 Å². The minimum Gasteiger partial charge on any atom is -0.467 e. The number of anilines is 1. The van der Waals surface area contributed by atoms with Crippen molar-refractivity contribution in [2.45, 2.75) is 32.4 Å². The van der Waals surface area contributed by atoms with Crippen molar-refractivity contribution in [1.29, 1.82) is 0 Å². The highest BCUT2D eigenvalue weighted by Gasteiger charge is 2.18. The molecule has 1 aliphatic heterocycles. The zero-order chi connectivity index (χ0) is 21.1. The molecule has 1 fully saturated rings. The number of ether oxygens (including phenoxy) is 1. The van der Waals surface area contributed by atoms with Crippen LogP contribution in [0.4, 0.5) is 5.82 Å². The summed E-state index contributed by atoms with van der Waals surface area (Å²) in [5.41, 5.74) is 9.66. The van der Waals surface area contributed by atoms with E-state index in [0.717, 1.165) is 12.1 Å². The molecule has 2 heterocycles. The van der Waals surface area contributed by atoms with E-state index >= 15 is 0 Å². The van der Waals surface area contributed by atoms with Crippen LogP contribution in [0.25, 0.3) is 11.3 Å². The zero-order valence-corrected chi connectivity index (χ0v) is 18.3. The lowest BCUT2D eigenvalue weighted by Crippen LogP contribution is -2.18. The molecule has 5 nitrogen and oxygen atoms in total. The Morgan fingerprint density at radius 2 is 1.73 bits per heavy atom. The van der Waals surface area contributed by atoms with E-state index in [1.165, 1.54) is 31.5 Å². The smallest absolute Gasteiger partial charge is 0.258 e. The Morgan fingerprint density at radius 1 is 1.07 bits per heavy atom. The van der Waals surface area contributed by atoms with E-state index < -0.39 is 6.10 Å². The van der Waals surface area contributed by atoms with E-state index in [2.05, 4.69) is 39.1 Å². The number of hydrogen-bond acceptors (Lipinski definition) is 5. The van der Waals surface area contributed by atoms with Gasteiger partial charge in [0.2, 0.25) is 0 Å². The molecule has 0 saturated carbocycles. The first-order valence-corrected chi connectivity index (χ1v) is 10.8. The van der Waals surface area contributed by atoms with Gasteiger partial charge in [0.1, 0.15) is 6.10 Å². The molecule has 3 aromatic rings. The molecule has 1 aromatic heterocycles. The fourth-order valence-electron chi connectivity index (χ4n) is 3.71. The van der Waals surface area contributed by atoms with Gasteiger partial charge in [-0.15, -0.1) is 0 Å². The molecule has 0 bridgehead atoms. The molecule has 30 heavy (non-hydrogen) atoms. The molecule has 0 radical (unpaired) electrons. The van der Waals surface area contributed by atoms with Crippen LogP contribution in [0.3, 0.4) is 0 Å². The van der Waals surface area contributed by atoms with Crippen LogP contribution < -0.4 is 10.5 Å². The van der Waals surface area contributed by atoms with Crippen molar-refractivity contribution < 1.29 is 4.74 Å². The molecule has 7 heteroatoms. The van der Waals surface area contributed by atoms with Crippen LogP contribution in [0.2, 0.25) is 10.0 Å². The predicted octanol–water partition coefficient (Wildman–Crippen LogP) is 5.77. The van der Waals surface area contributed by atoms with Gasteiger partial charge in [-0.2, -0.15) is 0 Å². The summed E-state index contributed by atoms with van der Waals surface area (Å²) in [7, 11) is 0. The molecule has 2 N–H and O–H groups in total. The van der Waals surface area contributed by atoms with Crippen molar-refractivity contribution in [3.63, 3.8) is 0 Å². The van der Waals surface area contributed by atoms with E-state index in [9.17, 15) is 0 Å². The Kier molecular flexibility index (Phi) is 6.42. The third-order valence-corrected chi connectivity index (χ3v) is 5.98. The molecular formula is C23H24Cl2N4O. The Balaban J connectivity index is 1.53. The number of rotatable bonds is 6. The van der Waals surface area contributed by atoms with E-state index in [-0.39, 0.29) is 11.7 Å². The lowest BCUT2D eigenvalue weighted by Gasteiger charge is -2.18. The average Bonchev–Trinajstić information content (AvgIpc) is 3.23. The Bertz CT molecular complexity index is 1000. The molecule has 2 aromatic carbocycles. The summed E-state index contributed by atoms with van der Waals surface area (Å²) in [5, 5.41) is 1.07. The number of likely N-dealkylation sites (tertiary alicyclic amines) is 1. The van der Waals surface area contributed by atoms with Gasteiger partial charge in [0.05, 0.1) is 11.9 Å². The van der Waals surface area contributed by atoms with Gasteiger partial charge in [0, 0.05) is 27.7 Å². The second kappa shape index (κ2) is 9.21. The van der Waals surface area contributed by atoms with E-state index in [4.69, 9.17) is 33.7 Å². The number of nitrogens with zero attached hydrogens (tertiary/aromatic N) is 3. The SMILES string of the molecule is C[C@@H](Oc1nc(-c2ccc(CN3CCCC3)cc2)cnc1N)c1c(Cl)cccc1Cl. The summed E-state index contributed by atoms with van der Waals surface area (Å²) in [4.78, 5) is 11.3. The van der Waals surface area contributed by atoms with Gasteiger partial charge < -0.3 is 10.5 Å². The Morgan fingerprint density at radius 3 is 2.40 bits per heavy atom. The fourth-order valence-corrected chi connectivity index (χ4v) is 4.42. The normalized spacial score (nSPS) is 15.3. The first-order valence-electron chi connectivity index (χ1n) is 10.1. The summed E-state index contributed by atoms with van der Waals surface area (Å²) < 4.78 is 5.99. The van der Waals surface area contributed by atoms with Crippen LogP contribution >= 0.6 is 23.2 Å². The summed E-state index contributed by atoms with van der Waals surface area (Å²) in [6.07, 6.45) is 3.81. The lowest BCUT2D eigenvalue weighted by molar-refractivity contribution is 0.218. The lowest BCUT2D eigenvalue weighted by atomic mass is 10.1. The Labute approximate surface area is 186 Å². The van der Waals surface area contributed by atoms with Gasteiger partial charge in [0.25, 0.3) is 5.88 Å². The van der Waals surface area contributed by atoms with Crippen LogP contribution in [0, 0.1) is 0 Å². The van der Waals surface area contributed by atoms with Crippen LogP contribution in [-0.2, 0) is 6.54 Å². The largest absolute Gasteiger partial charge is 0.467 e. The topological polar surface area (TPSA) is 64.3 Å². The predicted molar refractivity (Wildman–Crippen MR) is 122 cm³/mol. The maximum atomic E-state index is 6.30. The molecular weight excluding hydrogens is 419 g/mol. The van der Waals surface area contributed by atoms with Crippen molar-refractivity contribution in [1.82, 2.24) is 14.9 Å². The second-order valence-corrected chi connectivity index (χ2v) is 8.34. The van der Waals surface area contributed by atoms with E-state index in [0.29, 0.717) is 21.3 Å². The molecule has 156 valence electrons. The average molecular weight is 443 g/mol. The first-order chi connectivity index (χ1) is 14.5. The summed E-state index contributed by atoms with van der Waals surface area (Å²) in [6.45, 7) is 5.20. The van der Waals surface area contributed by atoms with Crippen LogP contribution in [0.15, 0.2) is 48.7 Å². The van der Waals surface area contributed by atoms with Crippen LogP contribution in [-0.4, -0.2) is 28.0 Å².